The summed E-state index contributed by atoms with van der Waals surface area (Å²) in [6.07, 6.45) is 6.52. The molecule has 0 radical (unpaired) electrons. The summed E-state index contributed by atoms with van der Waals surface area (Å²) in [5.41, 5.74) is 2.57. The zero-order valence-corrected chi connectivity index (χ0v) is 16.3. The van der Waals surface area contributed by atoms with E-state index in [9.17, 15) is 8.42 Å². The van der Waals surface area contributed by atoms with Gasteiger partial charge in [0.25, 0.3) is 0 Å². The van der Waals surface area contributed by atoms with E-state index in [4.69, 9.17) is 4.74 Å². The van der Waals surface area contributed by atoms with Gasteiger partial charge < -0.3 is 10.1 Å². The molecule has 2 fully saturated rings. The van der Waals surface area contributed by atoms with Crippen LogP contribution in [0.3, 0.4) is 0 Å². The average molecular weight is 390 g/mol. The van der Waals surface area contributed by atoms with Crippen LogP contribution in [-0.2, 0) is 26.5 Å². The molecule has 146 valence electrons. The average Bonchev–Trinajstić information content (AvgIpc) is 3.29. The van der Waals surface area contributed by atoms with Gasteiger partial charge in [0.1, 0.15) is 0 Å². The molecule has 0 amide bonds. The second kappa shape index (κ2) is 7.73. The van der Waals surface area contributed by atoms with E-state index in [2.05, 4.69) is 40.7 Å². The van der Waals surface area contributed by atoms with Crippen molar-refractivity contribution in [3.63, 3.8) is 0 Å². The molecule has 0 aliphatic carbocycles. The molecule has 0 bridgehead atoms. The SMILES string of the molecule is O=S1(=O)CCC(n2cc(CNCC3(c4ccccc4)CCOCC3)cn2)C1. The smallest absolute Gasteiger partial charge is 0.152 e. The van der Waals surface area contributed by atoms with Crippen LogP contribution in [0.25, 0.3) is 0 Å². The summed E-state index contributed by atoms with van der Waals surface area (Å²) in [7, 11) is -2.89. The summed E-state index contributed by atoms with van der Waals surface area (Å²) in [6, 6.07) is 10.7. The van der Waals surface area contributed by atoms with Gasteiger partial charge in [0.2, 0.25) is 0 Å². The molecule has 3 heterocycles. The fraction of sp³-hybridized carbons (Fsp3) is 0.550. The van der Waals surface area contributed by atoms with Gasteiger partial charge >= 0.3 is 0 Å². The topological polar surface area (TPSA) is 73.2 Å². The number of hydrogen-bond donors (Lipinski definition) is 1. The fourth-order valence-corrected chi connectivity index (χ4v) is 5.92. The van der Waals surface area contributed by atoms with Crippen LogP contribution < -0.4 is 5.32 Å². The first-order valence-corrected chi connectivity index (χ1v) is 11.5. The van der Waals surface area contributed by atoms with Crippen LogP contribution in [0.1, 0.15) is 36.4 Å². The zero-order chi connectivity index (χ0) is 18.7. The van der Waals surface area contributed by atoms with Crippen molar-refractivity contribution in [3.8, 4) is 0 Å². The van der Waals surface area contributed by atoms with Crippen LogP contribution in [0.4, 0.5) is 0 Å². The highest BCUT2D eigenvalue weighted by Gasteiger charge is 2.34. The minimum Gasteiger partial charge on any atom is -0.381 e. The van der Waals surface area contributed by atoms with Gasteiger partial charge in [-0.3, -0.25) is 4.68 Å². The minimum absolute atomic E-state index is 0.0186. The summed E-state index contributed by atoms with van der Waals surface area (Å²) in [5.74, 6) is 0.478. The van der Waals surface area contributed by atoms with Crippen molar-refractivity contribution in [1.29, 1.82) is 0 Å². The van der Waals surface area contributed by atoms with E-state index in [-0.39, 0.29) is 23.0 Å². The summed E-state index contributed by atoms with van der Waals surface area (Å²) >= 11 is 0. The Labute approximate surface area is 160 Å². The van der Waals surface area contributed by atoms with Crippen LogP contribution in [0.5, 0.6) is 0 Å². The summed E-state index contributed by atoms with van der Waals surface area (Å²) < 4.78 is 30.8. The number of aromatic nitrogens is 2. The summed E-state index contributed by atoms with van der Waals surface area (Å²) in [5, 5.41) is 8.00. The largest absolute Gasteiger partial charge is 0.381 e. The highest BCUT2D eigenvalue weighted by Crippen LogP contribution is 2.34. The van der Waals surface area contributed by atoms with Gasteiger partial charge in [-0.25, -0.2) is 8.42 Å². The van der Waals surface area contributed by atoms with E-state index in [1.807, 2.05) is 17.1 Å². The number of rotatable bonds is 6. The molecule has 4 rings (SSSR count). The van der Waals surface area contributed by atoms with Crippen molar-refractivity contribution >= 4 is 9.84 Å². The lowest BCUT2D eigenvalue weighted by Crippen LogP contribution is -2.42. The van der Waals surface area contributed by atoms with E-state index in [0.29, 0.717) is 6.42 Å². The highest BCUT2D eigenvalue weighted by molar-refractivity contribution is 7.91. The Balaban J connectivity index is 1.38. The minimum atomic E-state index is -2.89. The molecule has 7 heteroatoms. The lowest BCUT2D eigenvalue weighted by molar-refractivity contribution is 0.0498. The van der Waals surface area contributed by atoms with Gasteiger partial charge in [-0.05, 0) is 24.8 Å². The molecule has 2 aliphatic heterocycles. The molecule has 1 atom stereocenters. The third-order valence-electron chi connectivity index (χ3n) is 5.87. The second-order valence-corrected chi connectivity index (χ2v) is 9.98. The molecule has 1 aromatic heterocycles. The van der Waals surface area contributed by atoms with Gasteiger partial charge in [0.15, 0.2) is 9.84 Å². The third kappa shape index (κ3) is 4.25. The quantitative estimate of drug-likeness (QED) is 0.819. The molecule has 2 aromatic rings. The molecular formula is C20H27N3O3S. The van der Waals surface area contributed by atoms with Crippen LogP contribution in [0, 0.1) is 0 Å². The third-order valence-corrected chi connectivity index (χ3v) is 7.62. The van der Waals surface area contributed by atoms with Crippen LogP contribution in [-0.4, -0.2) is 49.5 Å². The molecule has 2 saturated heterocycles. The number of nitrogens with one attached hydrogen (secondary N) is 1. The molecular weight excluding hydrogens is 362 g/mol. The second-order valence-electron chi connectivity index (χ2n) is 7.75. The normalized spacial score (nSPS) is 24.1. The number of sulfone groups is 1. The van der Waals surface area contributed by atoms with E-state index >= 15 is 0 Å². The van der Waals surface area contributed by atoms with Crippen molar-refractivity contribution in [3.05, 3.63) is 53.9 Å². The first-order chi connectivity index (χ1) is 13.1. The van der Waals surface area contributed by atoms with Gasteiger partial charge in [-0.15, -0.1) is 0 Å². The maximum Gasteiger partial charge on any atom is 0.152 e. The Bertz CT molecular complexity index is 858. The molecule has 1 N–H and O–H groups in total. The van der Waals surface area contributed by atoms with Gasteiger partial charge in [-0.1, -0.05) is 30.3 Å². The first kappa shape index (κ1) is 18.7. The fourth-order valence-electron chi connectivity index (χ4n) is 4.22. The van der Waals surface area contributed by atoms with Crippen LogP contribution >= 0.6 is 0 Å². The number of nitrogens with zero attached hydrogens (tertiary/aromatic N) is 2. The van der Waals surface area contributed by atoms with E-state index < -0.39 is 9.84 Å². The lowest BCUT2D eigenvalue weighted by atomic mass is 9.74. The van der Waals surface area contributed by atoms with Crippen molar-refractivity contribution < 1.29 is 13.2 Å². The maximum atomic E-state index is 11.7. The van der Waals surface area contributed by atoms with E-state index in [0.717, 1.165) is 44.7 Å². The summed E-state index contributed by atoms with van der Waals surface area (Å²) in [6.45, 7) is 3.22. The Morgan fingerprint density at radius 3 is 2.70 bits per heavy atom. The molecule has 2 aliphatic rings. The number of benzene rings is 1. The Kier molecular flexibility index (Phi) is 5.34. The predicted octanol–water partition coefficient (Wildman–Crippen LogP) is 2.08. The standard InChI is InChI=1S/C20H27N3O3S/c24-27(25)11-6-19(15-27)23-14-17(13-22-23)12-21-16-20(7-9-26-10-8-20)18-4-2-1-3-5-18/h1-5,13-14,19,21H,6-12,15-16H2. The zero-order valence-electron chi connectivity index (χ0n) is 15.5. The first-order valence-electron chi connectivity index (χ1n) is 9.64. The molecule has 6 nitrogen and oxygen atoms in total. The Morgan fingerprint density at radius 2 is 2.00 bits per heavy atom. The maximum absolute atomic E-state index is 11.7. The van der Waals surface area contributed by atoms with E-state index in [1.165, 1.54) is 5.56 Å². The van der Waals surface area contributed by atoms with Crippen molar-refractivity contribution in [2.75, 3.05) is 31.3 Å². The number of hydrogen-bond acceptors (Lipinski definition) is 5. The predicted molar refractivity (Wildman–Crippen MR) is 104 cm³/mol. The number of ether oxygens (including phenoxy) is 1. The Morgan fingerprint density at radius 1 is 1.22 bits per heavy atom. The van der Waals surface area contributed by atoms with Crippen molar-refractivity contribution in [1.82, 2.24) is 15.1 Å². The molecule has 0 saturated carbocycles. The van der Waals surface area contributed by atoms with Gasteiger partial charge in [0, 0.05) is 43.5 Å². The van der Waals surface area contributed by atoms with Crippen LogP contribution in [0.2, 0.25) is 0 Å². The Hall–Kier alpha value is -1.70. The van der Waals surface area contributed by atoms with Gasteiger partial charge in [0.05, 0.1) is 23.7 Å². The monoisotopic (exact) mass is 389 g/mol. The van der Waals surface area contributed by atoms with Crippen molar-refractivity contribution in [2.45, 2.75) is 37.3 Å². The molecule has 1 unspecified atom stereocenters. The lowest BCUT2D eigenvalue weighted by Gasteiger charge is -2.38. The molecule has 1 aromatic carbocycles. The highest BCUT2D eigenvalue weighted by atomic mass is 32.2. The van der Waals surface area contributed by atoms with Gasteiger partial charge in [-0.2, -0.15) is 5.10 Å². The van der Waals surface area contributed by atoms with Crippen LogP contribution in [0.15, 0.2) is 42.7 Å². The summed E-state index contributed by atoms with van der Waals surface area (Å²) in [4.78, 5) is 0. The van der Waals surface area contributed by atoms with Crippen molar-refractivity contribution in [2.24, 2.45) is 0 Å². The van der Waals surface area contributed by atoms with E-state index in [1.54, 1.807) is 0 Å². The molecule has 27 heavy (non-hydrogen) atoms. The molecule has 0 spiro atoms.